The first-order chi connectivity index (χ1) is 15.0. The summed E-state index contributed by atoms with van der Waals surface area (Å²) in [7, 11) is 0. The molecule has 2 amide bonds. The molecule has 0 saturated carbocycles. The highest BCUT2D eigenvalue weighted by Gasteiger charge is 2.27. The summed E-state index contributed by atoms with van der Waals surface area (Å²) in [4.78, 5) is 30.8. The smallest absolute Gasteiger partial charge is 0.262 e. The number of thiophene rings is 1. The predicted molar refractivity (Wildman–Crippen MR) is 122 cm³/mol. The molecule has 1 aromatic carbocycles. The third kappa shape index (κ3) is 5.11. The van der Waals surface area contributed by atoms with Gasteiger partial charge in [-0.3, -0.25) is 14.6 Å². The highest BCUT2D eigenvalue weighted by Crippen LogP contribution is 2.39. The van der Waals surface area contributed by atoms with Crippen molar-refractivity contribution in [3.63, 3.8) is 0 Å². The van der Waals surface area contributed by atoms with Gasteiger partial charge in [0.15, 0.2) is 6.61 Å². The molecule has 7 heteroatoms. The molecule has 160 valence electrons. The van der Waals surface area contributed by atoms with Crippen molar-refractivity contribution in [1.29, 1.82) is 0 Å². The van der Waals surface area contributed by atoms with Gasteiger partial charge in [-0.25, -0.2) is 0 Å². The lowest BCUT2D eigenvalue weighted by Crippen LogP contribution is -2.26. The number of hydrogen-bond acceptors (Lipinski definition) is 5. The summed E-state index contributed by atoms with van der Waals surface area (Å²) >= 11 is 1.49. The first-order valence-corrected chi connectivity index (χ1v) is 11.1. The Bertz CT molecular complexity index is 1090. The molecule has 4 rings (SSSR count). The molecule has 0 radical (unpaired) electrons. The van der Waals surface area contributed by atoms with Crippen LogP contribution < -0.4 is 15.4 Å². The summed E-state index contributed by atoms with van der Waals surface area (Å²) < 4.78 is 5.67. The molecule has 0 spiro atoms. The van der Waals surface area contributed by atoms with Crippen LogP contribution in [-0.4, -0.2) is 23.4 Å². The number of ether oxygens (including phenoxy) is 1. The molecule has 2 N–H and O–H groups in total. The second kappa shape index (κ2) is 9.31. The molecular weight excluding hydrogens is 410 g/mol. The third-order valence-corrected chi connectivity index (χ3v) is 6.35. The predicted octanol–water partition coefficient (Wildman–Crippen LogP) is 4.20. The summed E-state index contributed by atoms with van der Waals surface area (Å²) in [5.41, 5.74) is 4.73. The first kappa shape index (κ1) is 21.1. The van der Waals surface area contributed by atoms with E-state index in [1.807, 2.05) is 38.1 Å². The van der Waals surface area contributed by atoms with Gasteiger partial charge in [-0.05, 0) is 73.6 Å². The second-order valence-corrected chi connectivity index (χ2v) is 8.87. The van der Waals surface area contributed by atoms with E-state index in [0.29, 0.717) is 22.9 Å². The standard InChI is InChI=1S/C24H25N3O3S/c1-15-9-16(2)11-18(10-15)30-14-21(28)27-24-22(19-6-3-7-20(19)31-24)23(29)26-13-17-5-4-8-25-12-17/h4-5,8-12H,3,6-7,13-14H2,1-2H3,(H,26,29)(H,27,28). The average molecular weight is 436 g/mol. The Hall–Kier alpha value is -3.19. The van der Waals surface area contributed by atoms with E-state index < -0.39 is 0 Å². The number of anilines is 1. The minimum atomic E-state index is -0.277. The number of aryl methyl sites for hydroxylation is 3. The molecule has 0 bridgehead atoms. The molecule has 6 nitrogen and oxygen atoms in total. The maximum Gasteiger partial charge on any atom is 0.262 e. The molecule has 0 unspecified atom stereocenters. The number of amides is 2. The molecule has 31 heavy (non-hydrogen) atoms. The van der Waals surface area contributed by atoms with Crippen molar-refractivity contribution >= 4 is 28.2 Å². The number of carbonyl (C=O) groups is 2. The van der Waals surface area contributed by atoms with Gasteiger partial charge in [0.25, 0.3) is 11.8 Å². The summed E-state index contributed by atoms with van der Waals surface area (Å²) in [6.45, 7) is 4.26. The van der Waals surface area contributed by atoms with Gasteiger partial charge in [-0.1, -0.05) is 12.1 Å². The van der Waals surface area contributed by atoms with Crippen molar-refractivity contribution in [2.45, 2.75) is 39.7 Å². The SMILES string of the molecule is Cc1cc(C)cc(OCC(=O)Nc2sc3c(c2C(=O)NCc2cccnc2)CCC3)c1. The van der Waals surface area contributed by atoms with Crippen LogP contribution in [-0.2, 0) is 24.2 Å². The highest BCUT2D eigenvalue weighted by molar-refractivity contribution is 7.17. The Balaban J connectivity index is 1.44. The van der Waals surface area contributed by atoms with Crippen LogP contribution in [0, 0.1) is 13.8 Å². The molecule has 0 aliphatic heterocycles. The lowest BCUT2D eigenvalue weighted by atomic mass is 10.1. The summed E-state index contributed by atoms with van der Waals surface area (Å²) in [5, 5.41) is 6.46. The van der Waals surface area contributed by atoms with Gasteiger partial charge >= 0.3 is 0 Å². The molecular formula is C24H25N3O3S. The van der Waals surface area contributed by atoms with Gasteiger partial charge < -0.3 is 15.4 Å². The zero-order valence-electron chi connectivity index (χ0n) is 17.7. The molecule has 1 aliphatic rings. The van der Waals surface area contributed by atoms with Crippen LogP contribution in [0.15, 0.2) is 42.7 Å². The summed E-state index contributed by atoms with van der Waals surface area (Å²) in [6, 6.07) is 9.61. The van der Waals surface area contributed by atoms with E-state index in [9.17, 15) is 9.59 Å². The Labute approximate surface area is 185 Å². The van der Waals surface area contributed by atoms with E-state index in [1.54, 1.807) is 12.4 Å². The lowest BCUT2D eigenvalue weighted by Gasteiger charge is -2.11. The number of nitrogens with one attached hydrogen (secondary N) is 2. The Morgan fingerprint density at radius 1 is 1.16 bits per heavy atom. The molecule has 1 aliphatic carbocycles. The molecule has 3 aromatic rings. The number of rotatable bonds is 7. The number of aromatic nitrogens is 1. The summed E-state index contributed by atoms with van der Waals surface area (Å²) in [5.74, 6) is 0.213. The molecule has 0 saturated heterocycles. The zero-order valence-corrected chi connectivity index (χ0v) is 18.5. The fraction of sp³-hybridized carbons (Fsp3) is 0.292. The second-order valence-electron chi connectivity index (χ2n) is 7.77. The van der Waals surface area contributed by atoms with E-state index in [4.69, 9.17) is 4.74 Å². The van der Waals surface area contributed by atoms with E-state index in [1.165, 1.54) is 16.2 Å². The third-order valence-electron chi connectivity index (χ3n) is 5.14. The van der Waals surface area contributed by atoms with Crippen molar-refractivity contribution in [1.82, 2.24) is 10.3 Å². The molecule has 0 atom stereocenters. The van der Waals surface area contributed by atoms with E-state index >= 15 is 0 Å². The molecule has 0 fully saturated rings. The average Bonchev–Trinajstić information content (AvgIpc) is 3.31. The molecule has 2 aromatic heterocycles. The maximum atomic E-state index is 13.0. The zero-order chi connectivity index (χ0) is 21.8. The maximum absolute atomic E-state index is 13.0. The van der Waals surface area contributed by atoms with Crippen molar-refractivity contribution < 1.29 is 14.3 Å². The topological polar surface area (TPSA) is 80.3 Å². The summed E-state index contributed by atoms with van der Waals surface area (Å²) in [6.07, 6.45) is 6.26. The lowest BCUT2D eigenvalue weighted by molar-refractivity contribution is -0.118. The Kier molecular flexibility index (Phi) is 6.32. The highest BCUT2D eigenvalue weighted by atomic mass is 32.1. The van der Waals surface area contributed by atoms with Crippen molar-refractivity contribution in [2.75, 3.05) is 11.9 Å². The van der Waals surface area contributed by atoms with E-state index in [-0.39, 0.29) is 18.4 Å². The fourth-order valence-corrected chi connectivity index (χ4v) is 5.14. The number of nitrogens with zero attached hydrogens (tertiary/aromatic N) is 1. The minimum absolute atomic E-state index is 0.109. The fourth-order valence-electron chi connectivity index (χ4n) is 3.83. The molecule has 2 heterocycles. The normalized spacial score (nSPS) is 12.3. The van der Waals surface area contributed by atoms with Crippen LogP contribution in [0.4, 0.5) is 5.00 Å². The van der Waals surface area contributed by atoms with Crippen LogP contribution in [0.3, 0.4) is 0 Å². The van der Waals surface area contributed by atoms with Crippen molar-refractivity contribution in [3.05, 3.63) is 75.4 Å². The number of pyridine rings is 1. The van der Waals surface area contributed by atoms with E-state index in [2.05, 4.69) is 21.7 Å². The van der Waals surface area contributed by atoms with Crippen molar-refractivity contribution in [2.24, 2.45) is 0 Å². The van der Waals surface area contributed by atoms with Gasteiger partial charge in [0.05, 0.1) is 5.56 Å². The van der Waals surface area contributed by atoms with Crippen molar-refractivity contribution in [3.8, 4) is 5.75 Å². The van der Waals surface area contributed by atoms with Crippen LogP contribution in [0.1, 0.15) is 43.9 Å². The van der Waals surface area contributed by atoms with Gasteiger partial charge in [0, 0.05) is 23.8 Å². The van der Waals surface area contributed by atoms with Gasteiger partial charge in [-0.15, -0.1) is 11.3 Å². The quantitative estimate of drug-likeness (QED) is 0.583. The monoisotopic (exact) mass is 435 g/mol. The van der Waals surface area contributed by atoms with E-state index in [0.717, 1.165) is 41.5 Å². The van der Waals surface area contributed by atoms with Gasteiger partial charge in [0.1, 0.15) is 10.8 Å². The Morgan fingerprint density at radius 3 is 2.71 bits per heavy atom. The van der Waals surface area contributed by atoms with Crippen LogP contribution in [0.2, 0.25) is 0 Å². The van der Waals surface area contributed by atoms with Crippen LogP contribution >= 0.6 is 11.3 Å². The largest absolute Gasteiger partial charge is 0.484 e. The van der Waals surface area contributed by atoms with Crippen LogP contribution in [0.5, 0.6) is 5.75 Å². The number of benzene rings is 1. The minimum Gasteiger partial charge on any atom is -0.484 e. The number of fused-ring (bicyclic) bond motifs is 1. The number of carbonyl (C=O) groups excluding carboxylic acids is 2. The Morgan fingerprint density at radius 2 is 1.97 bits per heavy atom. The van der Waals surface area contributed by atoms with Gasteiger partial charge in [0.2, 0.25) is 0 Å². The number of hydrogen-bond donors (Lipinski definition) is 2. The van der Waals surface area contributed by atoms with Crippen LogP contribution in [0.25, 0.3) is 0 Å². The first-order valence-electron chi connectivity index (χ1n) is 10.3. The van der Waals surface area contributed by atoms with Gasteiger partial charge in [-0.2, -0.15) is 0 Å².